The number of anilines is 1. The van der Waals surface area contributed by atoms with Crippen LogP contribution in [0.15, 0.2) is 54.6 Å². The summed E-state index contributed by atoms with van der Waals surface area (Å²) in [5.41, 5.74) is 1.88. The van der Waals surface area contributed by atoms with Crippen molar-refractivity contribution >= 4 is 17.6 Å². The molecule has 2 aromatic carbocycles. The molecule has 6 nitrogen and oxygen atoms in total. The molecule has 6 heteroatoms. The minimum Gasteiger partial charge on any atom is -0.490 e. The molecule has 0 radical (unpaired) electrons. The van der Waals surface area contributed by atoms with Crippen LogP contribution in [0.2, 0.25) is 0 Å². The Kier molecular flexibility index (Phi) is 6.89. The number of aryl methyl sites for hydroxylation is 1. The van der Waals surface area contributed by atoms with Gasteiger partial charge in [0.15, 0.2) is 0 Å². The lowest BCUT2D eigenvalue weighted by Crippen LogP contribution is -2.47. The molecule has 1 fully saturated rings. The second kappa shape index (κ2) is 9.78. The van der Waals surface area contributed by atoms with Gasteiger partial charge in [0.1, 0.15) is 11.9 Å². The first-order valence-corrected chi connectivity index (χ1v) is 9.72. The summed E-state index contributed by atoms with van der Waals surface area (Å²) in [4.78, 5) is 26.0. The molecular formula is C22H27N3O3. The zero-order valence-electron chi connectivity index (χ0n) is 16.2. The number of nitrogens with zero attached hydrogens (tertiary/aromatic N) is 1. The summed E-state index contributed by atoms with van der Waals surface area (Å²) >= 11 is 0. The molecule has 0 atom stereocenters. The summed E-state index contributed by atoms with van der Waals surface area (Å²) in [6.45, 7) is 3.65. The van der Waals surface area contributed by atoms with Gasteiger partial charge in [-0.25, -0.2) is 4.79 Å². The number of amides is 3. The molecular weight excluding hydrogens is 354 g/mol. The molecule has 148 valence electrons. The Bertz CT molecular complexity index is 787. The van der Waals surface area contributed by atoms with Crippen LogP contribution in [0.4, 0.5) is 10.5 Å². The largest absolute Gasteiger partial charge is 0.490 e. The van der Waals surface area contributed by atoms with Crippen LogP contribution in [0.5, 0.6) is 5.75 Å². The highest BCUT2D eigenvalue weighted by molar-refractivity contribution is 5.91. The number of rotatable bonds is 6. The number of carbonyl (C=O) groups excluding carboxylic acids is 2. The third kappa shape index (κ3) is 5.74. The Labute approximate surface area is 165 Å². The summed E-state index contributed by atoms with van der Waals surface area (Å²) in [6.07, 6.45) is 1.97. The molecule has 0 aliphatic carbocycles. The SMILES string of the molecule is Cc1ccccc1OC1CCN(C(=O)NCCC(=O)Nc2ccccc2)CC1. The standard InChI is InChI=1S/C22H27N3O3/c1-17-7-5-6-10-20(17)28-19-12-15-25(16-13-19)22(27)23-14-11-21(26)24-18-8-3-2-4-9-18/h2-10,19H,11-16H2,1H3,(H,23,27)(H,24,26). The number of benzene rings is 2. The molecule has 0 unspecified atom stereocenters. The number of carbonyl (C=O) groups is 2. The van der Waals surface area contributed by atoms with Gasteiger partial charge in [-0.05, 0) is 30.7 Å². The fourth-order valence-electron chi connectivity index (χ4n) is 3.18. The van der Waals surface area contributed by atoms with Crippen LogP contribution in [-0.2, 0) is 4.79 Å². The van der Waals surface area contributed by atoms with Crippen molar-refractivity contribution in [3.05, 3.63) is 60.2 Å². The van der Waals surface area contributed by atoms with Crippen molar-refractivity contribution in [1.82, 2.24) is 10.2 Å². The third-order valence-electron chi connectivity index (χ3n) is 4.80. The van der Waals surface area contributed by atoms with Gasteiger partial charge in [-0.2, -0.15) is 0 Å². The molecule has 0 bridgehead atoms. The van der Waals surface area contributed by atoms with Crippen molar-refractivity contribution in [2.24, 2.45) is 0 Å². The molecule has 0 spiro atoms. The molecule has 3 rings (SSSR count). The zero-order valence-corrected chi connectivity index (χ0v) is 16.2. The van der Waals surface area contributed by atoms with Crippen molar-refractivity contribution in [2.45, 2.75) is 32.3 Å². The smallest absolute Gasteiger partial charge is 0.317 e. The molecule has 2 aromatic rings. The topological polar surface area (TPSA) is 70.7 Å². The van der Waals surface area contributed by atoms with Crippen LogP contribution in [0, 0.1) is 6.92 Å². The van der Waals surface area contributed by atoms with E-state index in [2.05, 4.69) is 10.6 Å². The van der Waals surface area contributed by atoms with Crippen molar-refractivity contribution in [3.63, 3.8) is 0 Å². The van der Waals surface area contributed by atoms with Crippen molar-refractivity contribution in [3.8, 4) is 5.75 Å². The number of hydrogen-bond donors (Lipinski definition) is 2. The van der Waals surface area contributed by atoms with Crippen LogP contribution in [0.25, 0.3) is 0 Å². The number of para-hydroxylation sites is 2. The van der Waals surface area contributed by atoms with Crippen LogP contribution in [0.3, 0.4) is 0 Å². The Hall–Kier alpha value is -3.02. The Morgan fingerprint density at radius 3 is 2.43 bits per heavy atom. The van der Waals surface area contributed by atoms with Gasteiger partial charge in [-0.15, -0.1) is 0 Å². The molecule has 28 heavy (non-hydrogen) atoms. The van der Waals surface area contributed by atoms with Crippen LogP contribution < -0.4 is 15.4 Å². The van der Waals surface area contributed by atoms with E-state index in [1.54, 1.807) is 4.90 Å². The molecule has 1 saturated heterocycles. The molecule has 0 aromatic heterocycles. The van der Waals surface area contributed by atoms with Gasteiger partial charge in [0.25, 0.3) is 0 Å². The second-order valence-electron chi connectivity index (χ2n) is 6.97. The normalized spacial score (nSPS) is 14.4. The number of likely N-dealkylation sites (tertiary alicyclic amines) is 1. The number of hydrogen-bond acceptors (Lipinski definition) is 3. The maximum atomic E-state index is 12.3. The van der Waals surface area contributed by atoms with Gasteiger partial charge in [0.2, 0.25) is 5.91 Å². The second-order valence-corrected chi connectivity index (χ2v) is 6.97. The predicted molar refractivity (Wildman–Crippen MR) is 109 cm³/mol. The highest BCUT2D eigenvalue weighted by Gasteiger charge is 2.24. The van der Waals surface area contributed by atoms with E-state index < -0.39 is 0 Å². The Morgan fingerprint density at radius 2 is 1.71 bits per heavy atom. The monoisotopic (exact) mass is 381 g/mol. The van der Waals surface area contributed by atoms with Crippen molar-refractivity contribution in [2.75, 3.05) is 25.0 Å². The highest BCUT2D eigenvalue weighted by Crippen LogP contribution is 2.22. The lowest BCUT2D eigenvalue weighted by atomic mass is 10.1. The Morgan fingerprint density at radius 1 is 1.04 bits per heavy atom. The average Bonchev–Trinajstić information content (AvgIpc) is 2.71. The molecule has 1 heterocycles. The summed E-state index contributed by atoms with van der Waals surface area (Å²) in [7, 11) is 0. The number of nitrogens with one attached hydrogen (secondary N) is 2. The van der Waals surface area contributed by atoms with E-state index in [0.29, 0.717) is 19.6 Å². The first-order chi connectivity index (χ1) is 13.6. The van der Waals surface area contributed by atoms with E-state index >= 15 is 0 Å². The van der Waals surface area contributed by atoms with Gasteiger partial charge < -0.3 is 20.3 Å². The van der Waals surface area contributed by atoms with E-state index in [4.69, 9.17) is 4.74 Å². The summed E-state index contributed by atoms with van der Waals surface area (Å²) < 4.78 is 6.07. The van der Waals surface area contributed by atoms with E-state index in [1.165, 1.54) is 0 Å². The zero-order chi connectivity index (χ0) is 19.8. The first-order valence-electron chi connectivity index (χ1n) is 9.72. The molecule has 1 aliphatic heterocycles. The molecule has 0 saturated carbocycles. The average molecular weight is 381 g/mol. The van der Waals surface area contributed by atoms with E-state index in [1.807, 2.05) is 61.5 Å². The lowest BCUT2D eigenvalue weighted by molar-refractivity contribution is -0.116. The van der Waals surface area contributed by atoms with Gasteiger partial charge in [0, 0.05) is 44.6 Å². The molecule has 2 N–H and O–H groups in total. The van der Waals surface area contributed by atoms with Gasteiger partial charge in [0.05, 0.1) is 0 Å². The maximum Gasteiger partial charge on any atom is 0.317 e. The van der Waals surface area contributed by atoms with Crippen LogP contribution >= 0.6 is 0 Å². The minimum atomic E-state index is -0.123. The fraction of sp³-hybridized carbons (Fsp3) is 0.364. The van der Waals surface area contributed by atoms with Crippen molar-refractivity contribution < 1.29 is 14.3 Å². The maximum absolute atomic E-state index is 12.3. The lowest BCUT2D eigenvalue weighted by Gasteiger charge is -2.32. The van der Waals surface area contributed by atoms with Gasteiger partial charge in [-0.3, -0.25) is 4.79 Å². The fourth-order valence-corrected chi connectivity index (χ4v) is 3.18. The molecule has 3 amide bonds. The Balaban J connectivity index is 1.35. The van der Waals surface area contributed by atoms with Crippen LogP contribution in [-0.4, -0.2) is 42.6 Å². The minimum absolute atomic E-state index is 0.114. The summed E-state index contributed by atoms with van der Waals surface area (Å²) in [5.74, 6) is 0.798. The van der Waals surface area contributed by atoms with Gasteiger partial charge >= 0.3 is 6.03 Å². The van der Waals surface area contributed by atoms with Gasteiger partial charge in [-0.1, -0.05) is 36.4 Å². The van der Waals surface area contributed by atoms with Crippen molar-refractivity contribution in [1.29, 1.82) is 0 Å². The molecule has 1 aliphatic rings. The highest BCUT2D eigenvalue weighted by atomic mass is 16.5. The summed E-state index contributed by atoms with van der Waals surface area (Å²) in [6, 6.07) is 17.1. The van der Waals surface area contributed by atoms with E-state index in [-0.39, 0.29) is 24.5 Å². The number of ether oxygens (including phenoxy) is 1. The third-order valence-corrected chi connectivity index (χ3v) is 4.80. The number of urea groups is 1. The first kappa shape index (κ1) is 19.7. The van der Waals surface area contributed by atoms with E-state index in [0.717, 1.165) is 29.8 Å². The number of piperidine rings is 1. The summed E-state index contributed by atoms with van der Waals surface area (Å²) in [5, 5.41) is 5.64. The van der Waals surface area contributed by atoms with Crippen LogP contribution in [0.1, 0.15) is 24.8 Å². The quantitative estimate of drug-likeness (QED) is 0.803. The van der Waals surface area contributed by atoms with E-state index in [9.17, 15) is 9.59 Å². The predicted octanol–water partition coefficient (Wildman–Crippen LogP) is 3.58.